The van der Waals surface area contributed by atoms with Crippen LogP contribution >= 0.6 is 0 Å². The van der Waals surface area contributed by atoms with Crippen LogP contribution in [0.2, 0.25) is 0 Å². The molecule has 5 heteroatoms. The normalized spacial score (nSPS) is 15.7. The van der Waals surface area contributed by atoms with Crippen molar-refractivity contribution in [3.63, 3.8) is 0 Å². The number of carbonyl (C=O) groups is 2. The standard InChI is InChI=1S/C26H32N2O3/c1-21(23-11-6-3-7-12-23)31-20-8-17-27-26(30)24-15-18-28(19-16-24)25(29)14-13-22-9-4-2-5-10-22/h2-7,9-14,21,24H,8,15-20H2,1H3,(H,27,30)/b14-13+. The number of likely N-dealkylation sites (tertiary alicyclic amines) is 1. The minimum Gasteiger partial charge on any atom is -0.374 e. The van der Waals surface area contributed by atoms with Gasteiger partial charge in [0.05, 0.1) is 6.10 Å². The molecular weight excluding hydrogens is 388 g/mol. The first-order valence-corrected chi connectivity index (χ1v) is 11.1. The molecule has 1 fully saturated rings. The van der Waals surface area contributed by atoms with Gasteiger partial charge in [-0.3, -0.25) is 9.59 Å². The Hall–Kier alpha value is -2.92. The van der Waals surface area contributed by atoms with Gasteiger partial charge >= 0.3 is 0 Å². The van der Waals surface area contributed by atoms with Crippen molar-refractivity contribution in [2.75, 3.05) is 26.2 Å². The van der Waals surface area contributed by atoms with Gasteiger partial charge in [-0.25, -0.2) is 0 Å². The molecule has 5 nitrogen and oxygen atoms in total. The van der Waals surface area contributed by atoms with Crippen LogP contribution in [0.1, 0.15) is 43.4 Å². The molecule has 0 saturated carbocycles. The van der Waals surface area contributed by atoms with E-state index in [1.807, 2.05) is 66.4 Å². The first-order chi connectivity index (χ1) is 15.1. The summed E-state index contributed by atoms with van der Waals surface area (Å²) in [5.74, 6) is 0.0711. The number of hydrogen-bond donors (Lipinski definition) is 1. The Morgan fingerprint density at radius 2 is 1.71 bits per heavy atom. The van der Waals surface area contributed by atoms with E-state index < -0.39 is 0 Å². The van der Waals surface area contributed by atoms with Gasteiger partial charge in [0, 0.05) is 38.2 Å². The van der Waals surface area contributed by atoms with E-state index in [0.717, 1.165) is 17.5 Å². The molecule has 0 aliphatic carbocycles. The van der Waals surface area contributed by atoms with E-state index in [0.29, 0.717) is 39.1 Å². The minimum atomic E-state index is -0.0219. The highest BCUT2D eigenvalue weighted by atomic mass is 16.5. The molecule has 2 aromatic rings. The molecule has 0 aromatic heterocycles. The third-order valence-electron chi connectivity index (χ3n) is 5.65. The van der Waals surface area contributed by atoms with Crippen LogP contribution in [0.5, 0.6) is 0 Å². The lowest BCUT2D eigenvalue weighted by Crippen LogP contribution is -2.42. The lowest BCUT2D eigenvalue weighted by Gasteiger charge is -2.30. The molecular formula is C26H32N2O3. The predicted octanol–water partition coefficient (Wildman–Crippen LogP) is 4.22. The molecule has 31 heavy (non-hydrogen) atoms. The van der Waals surface area contributed by atoms with E-state index in [-0.39, 0.29) is 23.8 Å². The van der Waals surface area contributed by atoms with Crippen LogP contribution in [-0.4, -0.2) is 43.0 Å². The van der Waals surface area contributed by atoms with Gasteiger partial charge in [-0.2, -0.15) is 0 Å². The Labute approximate surface area is 185 Å². The number of benzene rings is 2. The fourth-order valence-electron chi connectivity index (χ4n) is 3.71. The molecule has 1 N–H and O–H groups in total. The molecule has 1 saturated heterocycles. The minimum absolute atomic E-state index is 0.00685. The average molecular weight is 421 g/mol. The fraction of sp³-hybridized carbons (Fsp3) is 0.385. The molecule has 1 atom stereocenters. The summed E-state index contributed by atoms with van der Waals surface area (Å²) < 4.78 is 5.85. The molecule has 1 heterocycles. The van der Waals surface area contributed by atoms with Gasteiger partial charge in [0.25, 0.3) is 0 Å². The van der Waals surface area contributed by atoms with Gasteiger partial charge in [-0.1, -0.05) is 60.7 Å². The quantitative estimate of drug-likeness (QED) is 0.488. The van der Waals surface area contributed by atoms with Gasteiger partial charge < -0.3 is 15.0 Å². The maximum Gasteiger partial charge on any atom is 0.246 e. The van der Waals surface area contributed by atoms with Crippen LogP contribution in [0.15, 0.2) is 66.7 Å². The van der Waals surface area contributed by atoms with Crippen LogP contribution < -0.4 is 5.32 Å². The van der Waals surface area contributed by atoms with Gasteiger partial charge in [0.2, 0.25) is 11.8 Å². The molecule has 3 rings (SSSR count). The Kier molecular flexibility index (Phi) is 8.85. The van der Waals surface area contributed by atoms with Crippen molar-refractivity contribution < 1.29 is 14.3 Å². The number of rotatable bonds is 9. The monoisotopic (exact) mass is 420 g/mol. The molecule has 2 amide bonds. The summed E-state index contributed by atoms with van der Waals surface area (Å²) in [7, 11) is 0. The van der Waals surface area contributed by atoms with E-state index in [2.05, 4.69) is 17.4 Å². The maximum atomic E-state index is 12.4. The van der Waals surface area contributed by atoms with Crippen molar-refractivity contribution in [2.24, 2.45) is 5.92 Å². The summed E-state index contributed by atoms with van der Waals surface area (Å²) in [5.41, 5.74) is 2.17. The number of nitrogens with zero attached hydrogens (tertiary/aromatic N) is 1. The van der Waals surface area contributed by atoms with Crippen molar-refractivity contribution in [3.8, 4) is 0 Å². The van der Waals surface area contributed by atoms with Crippen molar-refractivity contribution in [2.45, 2.75) is 32.3 Å². The van der Waals surface area contributed by atoms with E-state index in [4.69, 9.17) is 4.74 Å². The highest BCUT2D eigenvalue weighted by Crippen LogP contribution is 2.18. The summed E-state index contributed by atoms with van der Waals surface area (Å²) in [5, 5.41) is 3.02. The lowest BCUT2D eigenvalue weighted by atomic mass is 9.96. The summed E-state index contributed by atoms with van der Waals surface area (Å²) in [6.07, 6.45) is 5.70. The number of piperidine rings is 1. The second kappa shape index (κ2) is 12.1. The number of ether oxygens (including phenoxy) is 1. The van der Waals surface area contributed by atoms with E-state index in [1.165, 1.54) is 0 Å². The average Bonchev–Trinajstić information content (AvgIpc) is 2.83. The van der Waals surface area contributed by atoms with Gasteiger partial charge in [0.15, 0.2) is 0 Å². The van der Waals surface area contributed by atoms with E-state index >= 15 is 0 Å². The van der Waals surface area contributed by atoms with Gasteiger partial charge in [-0.15, -0.1) is 0 Å². The molecule has 1 aliphatic heterocycles. The maximum absolute atomic E-state index is 12.4. The highest BCUT2D eigenvalue weighted by Gasteiger charge is 2.26. The molecule has 0 spiro atoms. The second-order valence-electron chi connectivity index (χ2n) is 7.91. The largest absolute Gasteiger partial charge is 0.374 e. The lowest BCUT2D eigenvalue weighted by molar-refractivity contribution is -0.132. The number of hydrogen-bond acceptors (Lipinski definition) is 3. The summed E-state index contributed by atoms with van der Waals surface area (Å²) in [4.78, 5) is 26.6. The first kappa shape index (κ1) is 22.8. The molecule has 1 aliphatic rings. The summed E-state index contributed by atoms with van der Waals surface area (Å²) >= 11 is 0. The van der Waals surface area contributed by atoms with Gasteiger partial charge in [0.1, 0.15) is 0 Å². The van der Waals surface area contributed by atoms with Crippen molar-refractivity contribution >= 4 is 17.9 Å². The van der Waals surface area contributed by atoms with Crippen LogP contribution in [0.3, 0.4) is 0 Å². The topological polar surface area (TPSA) is 58.6 Å². The second-order valence-corrected chi connectivity index (χ2v) is 7.91. The van der Waals surface area contributed by atoms with Crippen molar-refractivity contribution in [1.82, 2.24) is 10.2 Å². The fourth-order valence-corrected chi connectivity index (χ4v) is 3.71. The number of nitrogens with one attached hydrogen (secondary N) is 1. The SMILES string of the molecule is CC(OCCCNC(=O)C1CCN(C(=O)/C=C/c2ccccc2)CC1)c1ccccc1. The Morgan fingerprint density at radius 3 is 2.39 bits per heavy atom. The molecule has 2 aromatic carbocycles. The van der Waals surface area contributed by atoms with Crippen molar-refractivity contribution in [3.05, 3.63) is 77.9 Å². The Balaban J connectivity index is 1.30. The van der Waals surface area contributed by atoms with E-state index in [1.54, 1.807) is 6.08 Å². The summed E-state index contributed by atoms with van der Waals surface area (Å²) in [6.45, 7) is 4.50. The summed E-state index contributed by atoms with van der Waals surface area (Å²) in [6, 6.07) is 19.9. The zero-order valence-corrected chi connectivity index (χ0v) is 18.2. The zero-order chi connectivity index (χ0) is 21.9. The molecule has 0 bridgehead atoms. The van der Waals surface area contributed by atoms with Crippen LogP contribution in [0.4, 0.5) is 0 Å². The zero-order valence-electron chi connectivity index (χ0n) is 18.2. The predicted molar refractivity (Wildman–Crippen MR) is 123 cm³/mol. The van der Waals surface area contributed by atoms with Gasteiger partial charge in [-0.05, 0) is 43.4 Å². The smallest absolute Gasteiger partial charge is 0.246 e. The van der Waals surface area contributed by atoms with E-state index in [9.17, 15) is 9.59 Å². The molecule has 0 radical (unpaired) electrons. The Morgan fingerprint density at radius 1 is 1.06 bits per heavy atom. The number of carbonyl (C=O) groups excluding carboxylic acids is 2. The number of amides is 2. The Bertz CT molecular complexity index is 843. The highest BCUT2D eigenvalue weighted by molar-refractivity contribution is 5.92. The molecule has 164 valence electrons. The van der Waals surface area contributed by atoms with Crippen LogP contribution in [0.25, 0.3) is 6.08 Å². The molecule has 1 unspecified atom stereocenters. The van der Waals surface area contributed by atoms with Crippen molar-refractivity contribution in [1.29, 1.82) is 0 Å². The third-order valence-corrected chi connectivity index (χ3v) is 5.65. The first-order valence-electron chi connectivity index (χ1n) is 11.1. The van der Waals surface area contributed by atoms with Crippen LogP contribution in [0, 0.1) is 5.92 Å². The third kappa shape index (κ3) is 7.37. The van der Waals surface area contributed by atoms with Crippen LogP contribution in [-0.2, 0) is 14.3 Å².